The van der Waals surface area contributed by atoms with Crippen molar-refractivity contribution in [3.05, 3.63) is 29.6 Å². The number of carboxylic acid groups (broad SMARTS) is 1. The molecule has 0 fully saturated rings. The molecule has 15 heavy (non-hydrogen) atoms. The molecule has 80 valence electrons. The predicted octanol–water partition coefficient (Wildman–Crippen LogP) is 2.19. The largest absolute Gasteiger partial charge is 0.478 e. The van der Waals surface area contributed by atoms with Crippen LogP contribution < -0.4 is 3.93 Å². The zero-order valence-corrected chi connectivity index (χ0v) is 9.28. The lowest BCUT2D eigenvalue weighted by Gasteiger charge is -2.14. The van der Waals surface area contributed by atoms with Crippen molar-refractivity contribution in [1.29, 1.82) is 0 Å². The van der Waals surface area contributed by atoms with Crippen molar-refractivity contribution in [1.82, 2.24) is 0 Å². The van der Waals surface area contributed by atoms with Gasteiger partial charge in [0.25, 0.3) is 0 Å². The Labute approximate surface area is 93.6 Å². The molecule has 0 spiro atoms. The lowest BCUT2D eigenvalue weighted by molar-refractivity contribution is -0.115. The zero-order chi connectivity index (χ0) is 11.6. The lowest BCUT2D eigenvalue weighted by atomic mass is 10.1. The molecule has 1 aromatic carbocycles. The van der Waals surface area contributed by atoms with E-state index in [0.29, 0.717) is 0 Å². The Hall–Kier alpha value is -1.43. The first kappa shape index (κ1) is 11.6. The van der Waals surface area contributed by atoms with Crippen LogP contribution in [0, 0.1) is 5.82 Å². The molecule has 0 heterocycles. The number of halogens is 2. The van der Waals surface area contributed by atoms with Crippen LogP contribution in [-0.4, -0.2) is 17.0 Å². The van der Waals surface area contributed by atoms with E-state index in [0.717, 1.165) is 16.1 Å². The Bertz CT molecular complexity index is 422. The van der Waals surface area contributed by atoms with E-state index in [4.69, 9.17) is 5.11 Å². The van der Waals surface area contributed by atoms with E-state index in [-0.39, 0.29) is 11.3 Å². The zero-order valence-electron chi connectivity index (χ0n) is 7.70. The van der Waals surface area contributed by atoms with Gasteiger partial charge in [-0.2, -0.15) is 0 Å². The number of hydrogen-bond donors (Lipinski definition) is 1. The molecule has 0 aliphatic carbocycles. The maximum atomic E-state index is 12.8. The third-order valence-electron chi connectivity index (χ3n) is 1.68. The Balaban J connectivity index is 3.28. The number of anilines is 1. The number of carbonyl (C=O) groups excluding carboxylic acids is 1. The van der Waals surface area contributed by atoms with Crippen LogP contribution in [0.4, 0.5) is 10.1 Å². The van der Waals surface area contributed by atoms with Crippen LogP contribution in [0.15, 0.2) is 18.2 Å². The number of hydrogen-bond acceptors (Lipinski definition) is 2. The first-order valence-electron chi connectivity index (χ1n) is 3.93. The fourth-order valence-corrected chi connectivity index (χ4v) is 1.33. The molecule has 0 radical (unpaired) electrons. The molecular formula is C9H7BrFNO3. The summed E-state index contributed by atoms with van der Waals surface area (Å²) in [6.45, 7) is 1.25. The molecule has 0 saturated heterocycles. The minimum absolute atomic E-state index is 0.0939. The second kappa shape index (κ2) is 4.39. The molecule has 0 bridgehead atoms. The van der Waals surface area contributed by atoms with Crippen LogP contribution in [0.5, 0.6) is 0 Å². The molecule has 1 amide bonds. The summed E-state index contributed by atoms with van der Waals surface area (Å²) in [7, 11) is 0. The molecule has 1 N–H and O–H groups in total. The highest BCUT2D eigenvalue weighted by Crippen LogP contribution is 2.24. The summed E-state index contributed by atoms with van der Waals surface area (Å²) in [5.41, 5.74) is -0.182. The van der Waals surface area contributed by atoms with E-state index in [1.165, 1.54) is 13.0 Å². The average molecular weight is 276 g/mol. The highest BCUT2D eigenvalue weighted by Gasteiger charge is 2.17. The molecule has 0 unspecified atom stereocenters. The summed E-state index contributed by atoms with van der Waals surface area (Å²) < 4.78 is 13.8. The predicted molar refractivity (Wildman–Crippen MR) is 55.4 cm³/mol. The molecule has 0 atom stereocenters. The number of rotatable bonds is 2. The normalized spacial score (nSPS) is 9.80. The van der Waals surface area contributed by atoms with Crippen LogP contribution in [0.25, 0.3) is 0 Å². The molecule has 0 aliphatic heterocycles. The fraction of sp³-hybridized carbons (Fsp3) is 0.111. The number of amides is 1. The molecule has 1 rings (SSSR count). The smallest absolute Gasteiger partial charge is 0.337 e. The number of nitrogens with zero attached hydrogens (tertiary/aromatic N) is 1. The van der Waals surface area contributed by atoms with Gasteiger partial charge in [0.2, 0.25) is 5.91 Å². The van der Waals surface area contributed by atoms with Crippen LogP contribution in [0.3, 0.4) is 0 Å². The van der Waals surface area contributed by atoms with Gasteiger partial charge in [-0.3, -0.25) is 4.79 Å². The topological polar surface area (TPSA) is 57.6 Å². The van der Waals surface area contributed by atoms with Gasteiger partial charge >= 0.3 is 5.97 Å². The molecule has 6 heteroatoms. The quantitative estimate of drug-likeness (QED) is 0.842. The summed E-state index contributed by atoms with van der Waals surface area (Å²) in [6.07, 6.45) is 0. The molecular weight excluding hydrogens is 269 g/mol. The van der Waals surface area contributed by atoms with Crippen LogP contribution in [0.2, 0.25) is 0 Å². The lowest BCUT2D eigenvalue weighted by Crippen LogP contribution is -2.18. The van der Waals surface area contributed by atoms with E-state index < -0.39 is 17.7 Å². The van der Waals surface area contributed by atoms with Crippen molar-refractivity contribution >= 4 is 33.7 Å². The highest BCUT2D eigenvalue weighted by molar-refractivity contribution is 9.10. The third-order valence-corrected chi connectivity index (χ3v) is 2.56. The number of benzene rings is 1. The van der Waals surface area contributed by atoms with Crippen molar-refractivity contribution in [3.63, 3.8) is 0 Å². The van der Waals surface area contributed by atoms with Crippen molar-refractivity contribution in [2.45, 2.75) is 6.92 Å². The number of carbonyl (C=O) groups is 2. The highest BCUT2D eigenvalue weighted by atomic mass is 79.9. The third kappa shape index (κ3) is 2.53. The van der Waals surface area contributed by atoms with Gasteiger partial charge < -0.3 is 5.11 Å². The second-order valence-corrected chi connectivity index (χ2v) is 3.48. The average Bonchev–Trinajstić information content (AvgIpc) is 2.16. The van der Waals surface area contributed by atoms with E-state index in [1.54, 1.807) is 0 Å². The number of carboxylic acids is 1. The van der Waals surface area contributed by atoms with Gasteiger partial charge in [-0.05, 0) is 18.2 Å². The Morgan fingerprint density at radius 2 is 2.07 bits per heavy atom. The maximum absolute atomic E-state index is 12.8. The van der Waals surface area contributed by atoms with Crippen molar-refractivity contribution in [2.75, 3.05) is 3.93 Å². The molecule has 4 nitrogen and oxygen atoms in total. The van der Waals surface area contributed by atoms with Gasteiger partial charge in [0.15, 0.2) is 0 Å². The van der Waals surface area contributed by atoms with E-state index in [1.807, 2.05) is 0 Å². The molecule has 1 aromatic rings. The minimum atomic E-state index is -1.30. The van der Waals surface area contributed by atoms with Crippen LogP contribution in [0.1, 0.15) is 17.3 Å². The molecule has 0 aromatic heterocycles. The minimum Gasteiger partial charge on any atom is -0.478 e. The summed E-state index contributed by atoms with van der Waals surface area (Å²) in [6, 6.07) is 3.16. The summed E-state index contributed by atoms with van der Waals surface area (Å²) in [5.74, 6) is -2.36. The Morgan fingerprint density at radius 3 is 2.53 bits per heavy atom. The molecule has 0 saturated carbocycles. The monoisotopic (exact) mass is 275 g/mol. The van der Waals surface area contributed by atoms with Gasteiger partial charge in [-0.1, -0.05) is 0 Å². The van der Waals surface area contributed by atoms with E-state index in [2.05, 4.69) is 16.1 Å². The Kier molecular flexibility index (Phi) is 3.41. The standard InChI is InChI=1S/C9H7BrFNO3/c1-5(13)12(10)8-3-2-6(11)4-7(8)9(14)15/h2-4H,1H3,(H,14,15). The SMILES string of the molecule is CC(=O)N(Br)c1ccc(F)cc1C(=O)O. The van der Waals surface area contributed by atoms with Crippen LogP contribution >= 0.6 is 16.1 Å². The van der Waals surface area contributed by atoms with Crippen molar-refractivity contribution in [2.24, 2.45) is 0 Å². The van der Waals surface area contributed by atoms with Crippen molar-refractivity contribution in [3.8, 4) is 0 Å². The summed E-state index contributed by atoms with van der Waals surface area (Å²) in [4.78, 5) is 21.8. The van der Waals surface area contributed by atoms with Gasteiger partial charge in [0.05, 0.1) is 27.4 Å². The van der Waals surface area contributed by atoms with Gasteiger partial charge in [-0.15, -0.1) is 0 Å². The number of aromatic carboxylic acids is 1. The Morgan fingerprint density at radius 1 is 1.47 bits per heavy atom. The second-order valence-electron chi connectivity index (χ2n) is 2.77. The molecule has 0 aliphatic rings. The first-order chi connectivity index (χ1) is 6.93. The maximum Gasteiger partial charge on any atom is 0.337 e. The van der Waals surface area contributed by atoms with Crippen LogP contribution in [-0.2, 0) is 4.79 Å². The fourth-order valence-electron chi connectivity index (χ4n) is 1.02. The summed E-state index contributed by atoms with van der Waals surface area (Å²) in [5, 5.41) is 8.80. The first-order valence-corrected chi connectivity index (χ1v) is 4.63. The van der Waals surface area contributed by atoms with Gasteiger partial charge in [0.1, 0.15) is 5.82 Å². The van der Waals surface area contributed by atoms with E-state index >= 15 is 0 Å². The summed E-state index contributed by atoms with van der Waals surface area (Å²) >= 11 is 2.89. The van der Waals surface area contributed by atoms with E-state index in [9.17, 15) is 14.0 Å². The van der Waals surface area contributed by atoms with Gasteiger partial charge in [-0.25, -0.2) is 13.1 Å². The van der Waals surface area contributed by atoms with Crippen molar-refractivity contribution < 1.29 is 19.1 Å². The van der Waals surface area contributed by atoms with Gasteiger partial charge in [0, 0.05) is 6.92 Å².